The van der Waals surface area contributed by atoms with E-state index in [-0.39, 0.29) is 53.0 Å². The van der Waals surface area contributed by atoms with Gasteiger partial charge in [0.1, 0.15) is 15.4 Å². The molecule has 1 aliphatic heterocycles. The molecule has 3 heterocycles. The van der Waals surface area contributed by atoms with Gasteiger partial charge >= 0.3 is 5.97 Å². The number of anilines is 2. The molecule has 1 saturated heterocycles. The number of methoxy groups -OCH3 is 1. The number of carbonyl (C=O) groups is 4. The number of halogens is 1. The monoisotopic (exact) mass is 582 g/mol. The molecule has 3 rings (SSSR count). The second kappa shape index (κ2) is 13.0. The van der Waals surface area contributed by atoms with Crippen molar-refractivity contribution in [1.29, 1.82) is 0 Å². The van der Waals surface area contributed by atoms with Crippen LogP contribution < -0.4 is 21.3 Å². The molecule has 0 aromatic carbocycles. The number of thiophene rings is 2. The Kier molecular flexibility index (Phi) is 10.2. The Balaban J connectivity index is 1.76. The van der Waals surface area contributed by atoms with Gasteiger partial charge in [0.25, 0.3) is 17.7 Å². The third-order valence-electron chi connectivity index (χ3n) is 6.89. The highest BCUT2D eigenvalue weighted by atomic mass is 32.1. The molecule has 0 aliphatic carbocycles. The molecule has 1 aliphatic rings. The van der Waals surface area contributed by atoms with Gasteiger partial charge in [-0.15, -0.1) is 22.7 Å². The molecular formula is C26H37FN5O5S2+. The van der Waals surface area contributed by atoms with Gasteiger partial charge in [0.05, 0.1) is 31.6 Å². The number of likely N-dealkylation sites (N-methyl/N-ethyl adjacent to an activating group) is 1. The third kappa shape index (κ3) is 7.84. The molecule has 2 aromatic heterocycles. The molecule has 2 aromatic rings. The Morgan fingerprint density at radius 2 is 1.46 bits per heavy atom. The topological polar surface area (TPSA) is 126 Å². The van der Waals surface area contributed by atoms with Crippen molar-refractivity contribution in [2.45, 2.75) is 39.3 Å². The van der Waals surface area contributed by atoms with Crippen molar-refractivity contribution < 1.29 is 32.8 Å². The molecule has 0 unspecified atom stereocenters. The van der Waals surface area contributed by atoms with Gasteiger partial charge in [0, 0.05) is 25.9 Å². The van der Waals surface area contributed by atoms with Crippen molar-refractivity contribution in [2.75, 3.05) is 64.1 Å². The van der Waals surface area contributed by atoms with Crippen molar-refractivity contribution in [3.63, 3.8) is 0 Å². The predicted octanol–water partition coefficient (Wildman–Crippen LogP) is 3.08. The fraction of sp³-hybridized carbons (Fsp3) is 0.538. The molecule has 1 fully saturated rings. The Morgan fingerprint density at radius 3 is 1.97 bits per heavy atom. The quantitative estimate of drug-likeness (QED) is 0.183. The van der Waals surface area contributed by atoms with Crippen LogP contribution in [0.15, 0.2) is 10.8 Å². The molecule has 0 bridgehead atoms. The Hall–Kier alpha value is -2.87. The highest BCUT2D eigenvalue weighted by molar-refractivity contribution is 7.13. The predicted molar refractivity (Wildman–Crippen MR) is 151 cm³/mol. The zero-order valence-electron chi connectivity index (χ0n) is 23.0. The number of hydrogen-bond donors (Lipinski definition) is 4. The fourth-order valence-corrected chi connectivity index (χ4v) is 6.35. The molecule has 4 N–H and O–H groups in total. The van der Waals surface area contributed by atoms with Gasteiger partial charge in [0.2, 0.25) is 0 Å². The number of likely N-dealkylation sites (tertiary alicyclic amines) is 1. The van der Waals surface area contributed by atoms with E-state index >= 15 is 0 Å². The van der Waals surface area contributed by atoms with Crippen molar-refractivity contribution >= 4 is 57.7 Å². The molecule has 0 spiro atoms. The average Bonchev–Trinajstić information content (AvgIpc) is 3.42. The van der Waals surface area contributed by atoms with Crippen LogP contribution in [-0.4, -0.2) is 87.3 Å². The minimum atomic E-state index is -1.38. The summed E-state index contributed by atoms with van der Waals surface area (Å²) in [6.07, 6.45) is 0.407. The zero-order chi connectivity index (χ0) is 28.8. The minimum absolute atomic E-state index is 0.0564. The van der Waals surface area contributed by atoms with Crippen molar-refractivity contribution in [2.24, 2.45) is 0 Å². The van der Waals surface area contributed by atoms with Gasteiger partial charge in [-0.05, 0) is 49.7 Å². The van der Waals surface area contributed by atoms with Crippen LogP contribution in [0.1, 0.15) is 50.2 Å². The first-order chi connectivity index (χ1) is 18.4. The summed E-state index contributed by atoms with van der Waals surface area (Å²) in [7, 11) is 3.06. The van der Waals surface area contributed by atoms with Crippen LogP contribution in [0.5, 0.6) is 0 Å². The molecule has 214 valence electrons. The number of esters is 1. The summed E-state index contributed by atoms with van der Waals surface area (Å²) in [6.45, 7) is 6.63. The number of ether oxygens (including phenoxy) is 1. The van der Waals surface area contributed by atoms with Crippen molar-refractivity contribution in [3.8, 4) is 0 Å². The number of rotatable bonds is 11. The number of nitrogens with one attached hydrogen (secondary N) is 4. The first-order valence-electron chi connectivity index (χ1n) is 12.7. The molecule has 3 amide bonds. The first kappa shape index (κ1) is 30.7. The molecule has 0 atom stereocenters. The SMILES string of the molecule is CNCCNC(=O)c1scc(C)c1NC(=O)C[N+]1(CC(=O)Nc2c(C)csc2C(=O)OC)CCC(C)(F)CC1. The number of aryl methyl sites for hydroxylation is 2. The summed E-state index contributed by atoms with van der Waals surface area (Å²) >= 11 is 2.42. The van der Waals surface area contributed by atoms with E-state index in [9.17, 15) is 23.6 Å². The lowest BCUT2D eigenvalue weighted by Crippen LogP contribution is -2.61. The van der Waals surface area contributed by atoms with Crippen LogP contribution >= 0.6 is 22.7 Å². The van der Waals surface area contributed by atoms with Gasteiger partial charge in [-0.25, -0.2) is 9.18 Å². The Bertz CT molecular complexity index is 1220. The largest absolute Gasteiger partial charge is 0.465 e. The van der Waals surface area contributed by atoms with Crippen molar-refractivity contribution in [1.82, 2.24) is 10.6 Å². The average molecular weight is 583 g/mol. The van der Waals surface area contributed by atoms with E-state index in [1.54, 1.807) is 24.7 Å². The molecule has 0 radical (unpaired) electrons. The zero-order valence-corrected chi connectivity index (χ0v) is 24.6. The maximum Gasteiger partial charge on any atom is 0.350 e. The maximum atomic E-state index is 14.7. The maximum absolute atomic E-state index is 14.7. The second-order valence-electron chi connectivity index (χ2n) is 10.2. The summed E-state index contributed by atoms with van der Waals surface area (Å²) in [5.74, 6) is -1.57. The number of quaternary nitrogens is 1. The van der Waals surface area contributed by atoms with E-state index in [0.717, 1.165) is 11.1 Å². The summed E-state index contributed by atoms with van der Waals surface area (Å²) < 4.78 is 19.6. The third-order valence-corrected chi connectivity index (χ3v) is 9.06. The lowest BCUT2D eigenvalue weighted by atomic mass is 9.93. The van der Waals surface area contributed by atoms with E-state index in [4.69, 9.17) is 4.74 Å². The number of hydrogen-bond acceptors (Lipinski definition) is 8. The second-order valence-corrected chi connectivity index (χ2v) is 12.0. The van der Waals surface area contributed by atoms with E-state index in [1.165, 1.54) is 36.7 Å². The minimum Gasteiger partial charge on any atom is -0.465 e. The number of alkyl halides is 1. The number of amides is 3. The summed E-state index contributed by atoms with van der Waals surface area (Å²) in [6, 6.07) is 0. The lowest BCUT2D eigenvalue weighted by Gasteiger charge is -2.43. The molecule has 13 heteroatoms. The molecule has 10 nitrogen and oxygen atoms in total. The smallest absolute Gasteiger partial charge is 0.350 e. The Morgan fingerprint density at radius 1 is 0.949 bits per heavy atom. The molecular weight excluding hydrogens is 545 g/mol. The summed E-state index contributed by atoms with van der Waals surface area (Å²) in [4.78, 5) is 52.0. The van der Waals surface area contributed by atoms with E-state index in [2.05, 4.69) is 21.3 Å². The van der Waals surface area contributed by atoms with Crippen LogP contribution in [0, 0.1) is 13.8 Å². The van der Waals surface area contributed by atoms with Crippen LogP contribution in [0.4, 0.5) is 15.8 Å². The standard InChI is InChI=1S/C26H36FN5O5S2/c1-16-14-38-22(24(35)29-9-8-28-4)20(16)30-18(33)12-32(10-6-26(3,27)7-11-32)13-19(34)31-21-17(2)15-39-23(21)25(36)37-5/h14-15,28H,6-13H2,1-5H3,(H2-,29,30,31,33,34,35,36)/p+1. The van der Waals surface area contributed by atoms with Gasteiger partial charge in [-0.1, -0.05) is 0 Å². The number of nitrogens with zero attached hydrogens (tertiary/aromatic N) is 1. The summed E-state index contributed by atoms with van der Waals surface area (Å²) in [5, 5.41) is 15.0. The Labute approximate surface area is 235 Å². The highest BCUT2D eigenvalue weighted by Crippen LogP contribution is 2.32. The number of carbonyl (C=O) groups excluding carboxylic acids is 4. The van der Waals surface area contributed by atoms with Crippen molar-refractivity contribution in [3.05, 3.63) is 31.6 Å². The van der Waals surface area contributed by atoms with Crippen LogP contribution in [-0.2, 0) is 14.3 Å². The highest BCUT2D eigenvalue weighted by Gasteiger charge is 2.43. The lowest BCUT2D eigenvalue weighted by molar-refractivity contribution is -0.919. The van der Waals surface area contributed by atoms with Gasteiger partial charge in [-0.3, -0.25) is 14.4 Å². The van der Waals surface area contributed by atoms with Crippen LogP contribution in [0.3, 0.4) is 0 Å². The van der Waals surface area contributed by atoms with Gasteiger partial charge in [-0.2, -0.15) is 0 Å². The van der Waals surface area contributed by atoms with E-state index < -0.39 is 11.6 Å². The summed E-state index contributed by atoms with van der Waals surface area (Å²) in [5.41, 5.74) is 0.934. The molecule has 39 heavy (non-hydrogen) atoms. The normalized spacial score (nSPS) is 20.8. The first-order valence-corrected chi connectivity index (χ1v) is 14.5. The van der Waals surface area contributed by atoms with Crippen LogP contribution in [0.25, 0.3) is 0 Å². The molecule has 0 saturated carbocycles. The van der Waals surface area contributed by atoms with Gasteiger partial charge < -0.3 is 30.5 Å². The van der Waals surface area contributed by atoms with E-state index in [1.807, 2.05) is 6.92 Å². The number of piperidine rings is 1. The van der Waals surface area contributed by atoms with E-state index in [0.29, 0.717) is 42.4 Å². The van der Waals surface area contributed by atoms with Crippen LogP contribution in [0.2, 0.25) is 0 Å². The fourth-order valence-electron chi connectivity index (χ4n) is 4.51. The van der Waals surface area contributed by atoms with Gasteiger partial charge in [0.15, 0.2) is 13.1 Å².